The minimum atomic E-state index is -0.288. The monoisotopic (exact) mass is 213 g/mol. The van der Waals surface area contributed by atoms with Gasteiger partial charge in [0.05, 0.1) is 13.7 Å². The van der Waals surface area contributed by atoms with Crippen molar-refractivity contribution in [1.82, 2.24) is 0 Å². The summed E-state index contributed by atoms with van der Waals surface area (Å²) in [6.07, 6.45) is 0.726. The summed E-state index contributed by atoms with van der Waals surface area (Å²) >= 11 is 0. The largest absolute Gasteiger partial charge is 0.504 e. The lowest BCUT2D eigenvalue weighted by molar-refractivity contribution is 0.302. The Hall–Kier alpha value is -1.62. The number of aromatic hydroxyl groups is 2. The summed E-state index contributed by atoms with van der Waals surface area (Å²) in [6, 6.07) is 2.83. The number of hydrogen-bond donors (Lipinski definition) is 3. The molecule has 0 radical (unpaired) electrons. The van der Waals surface area contributed by atoms with E-state index in [1.54, 1.807) is 0 Å². The average Bonchev–Trinajstić information content (AvgIpc) is 2.23. The Morgan fingerprint density at radius 3 is 2.67 bits per heavy atom. The number of methoxy groups -OCH3 is 1. The molecule has 0 atom stereocenters. The summed E-state index contributed by atoms with van der Waals surface area (Å²) in [5, 5.41) is 18.7. The van der Waals surface area contributed by atoms with E-state index in [1.165, 1.54) is 19.2 Å². The lowest BCUT2D eigenvalue weighted by Gasteiger charge is -2.09. The van der Waals surface area contributed by atoms with E-state index in [0.717, 1.165) is 6.42 Å². The van der Waals surface area contributed by atoms with Crippen LogP contribution >= 0.6 is 0 Å². The highest BCUT2D eigenvalue weighted by molar-refractivity contribution is 5.54. The zero-order chi connectivity index (χ0) is 11.3. The van der Waals surface area contributed by atoms with Gasteiger partial charge in [0.15, 0.2) is 11.5 Å². The summed E-state index contributed by atoms with van der Waals surface area (Å²) in [7, 11) is 1.40. The van der Waals surface area contributed by atoms with Gasteiger partial charge in [-0.1, -0.05) is 0 Å². The first-order valence-electron chi connectivity index (χ1n) is 4.62. The third-order valence-electron chi connectivity index (χ3n) is 1.87. The molecule has 1 aromatic carbocycles. The first kappa shape index (κ1) is 11.5. The molecule has 5 nitrogen and oxygen atoms in total. The molecule has 84 valence electrons. The van der Waals surface area contributed by atoms with Crippen LogP contribution in [0.5, 0.6) is 23.0 Å². The number of phenols is 2. The van der Waals surface area contributed by atoms with Gasteiger partial charge >= 0.3 is 0 Å². The Labute approximate surface area is 88.0 Å². The standard InChI is InChI=1S/C10H15NO4/c1-14-9-6-7(15-4-2-3-11)5-8(12)10(9)13/h5-6,12-13H,2-4,11H2,1H3. The topological polar surface area (TPSA) is 84.9 Å². The van der Waals surface area contributed by atoms with Crippen LogP contribution < -0.4 is 15.2 Å². The van der Waals surface area contributed by atoms with Crippen molar-refractivity contribution < 1.29 is 19.7 Å². The molecule has 0 heterocycles. The molecule has 4 N–H and O–H groups in total. The van der Waals surface area contributed by atoms with Crippen LogP contribution in [0.4, 0.5) is 0 Å². The molecule has 15 heavy (non-hydrogen) atoms. The van der Waals surface area contributed by atoms with Crippen molar-refractivity contribution in [3.63, 3.8) is 0 Å². The Balaban J connectivity index is 2.77. The smallest absolute Gasteiger partial charge is 0.200 e. The molecule has 0 aliphatic carbocycles. The Morgan fingerprint density at radius 2 is 2.07 bits per heavy atom. The van der Waals surface area contributed by atoms with Crippen molar-refractivity contribution in [1.29, 1.82) is 0 Å². The van der Waals surface area contributed by atoms with E-state index in [2.05, 4.69) is 0 Å². The van der Waals surface area contributed by atoms with Crippen LogP contribution in [0.25, 0.3) is 0 Å². The molecule has 0 aliphatic heterocycles. The second kappa shape index (κ2) is 5.31. The summed E-state index contributed by atoms with van der Waals surface area (Å²) in [4.78, 5) is 0. The van der Waals surface area contributed by atoms with Gasteiger partial charge in [0.25, 0.3) is 0 Å². The molecule has 0 amide bonds. The van der Waals surface area contributed by atoms with Gasteiger partial charge in [-0.15, -0.1) is 0 Å². The fourth-order valence-electron chi connectivity index (χ4n) is 1.08. The SMILES string of the molecule is COc1cc(OCCCN)cc(O)c1O. The van der Waals surface area contributed by atoms with Crippen LogP contribution in [0.2, 0.25) is 0 Å². The Bertz CT molecular complexity index is 327. The number of hydrogen-bond acceptors (Lipinski definition) is 5. The van der Waals surface area contributed by atoms with Crippen molar-refractivity contribution in [2.75, 3.05) is 20.3 Å². The normalized spacial score (nSPS) is 10.0. The van der Waals surface area contributed by atoms with Crippen LogP contribution in [-0.4, -0.2) is 30.5 Å². The van der Waals surface area contributed by atoms with Gasteiger partial charge in [-0.25, -0.2) is 0 Å². The van der Waals surface area contributed by atoms with E-state index in [1.807, 2.05) is 0 Å². The van der Waals surface area contributed by atoms with E-state index in [9.17, 15) is 10.2 Å². The maximum absolute atomic E-state index is 9.34. The summed E-state index contributed by atoms with van der Waals surface area (Å²) in [5.41, 5.74) is 5.31. The first-order valence-corrected chi connectivity index (χ1v) is 4.62. The van der Waals surface area contributed by atoms with Crippen LogP contribution in [0.15, 0.2) is 12.1 Å². The highest BCUT2D eigenvalue weighted by Crippen LogP contribution is 2.38. The summed E-state index contributed by atoms with van der Waals surface area (Å²) in [6.45, 7) is 1.01. The highest BCUT2D eigenvalue weighted by Gasteiger charge is 2.09. The number of phenolic OH excluding ortho intramolecular Hbond substituents is 2. The van der Waals surface area contributed by atoms with Crippen LogP contribution in [0.1, 0.15) is 6.42 Å². The Morgan fingerprint density at radius 1 is 1.33 bits per heavy atom. The molecule has 0 spiro atoms. The van der Waals surface area contributed by atoms with Crippen LogP contribution in [-0.2, 0) is 0 Å². The molecule has 0 unspecified atom stereocenters. The maximum atomic E-state index is 9.34. The molecule has 0 aliphatic rings. The predicted octanol–water partition coefficient (Wildman–Crippen LogP) is 0.834. The molecule has 5 heteroatoms. The van der Waals surface area contributed by atoms with Crippen molar-refractivity contribution >= 4 is 0 Å². The van der Waals surface area contributed by atoms with Gasteiger partial charge in [0.1, 0.15) is 5.75 Å². The van der Waals surface area contributed by atoms with Gasteiger partial charge < -0.3 is 25.4 Å². The predicted molar refractivity (Wildman–Crippen MR) is 55.5 cm³/mol. The van der Waals surface area contributed by atoms with Gasteiger partial charge in [0.2, 0.25) is 5.75 Å². The van der Waals surface area contributed by atoms with Gasteiger partial charge in [-0.2, -0.15) is 0 Å². The molecular formula is C10H15NO4. The van der Waals surface area contributed by atoms with E-state index >= 15 is 0 Å². The van der Waals surface area contributed by atoms with Crippen molar-refractivity contribution in [2.45, 2.75) is 6.42 Å². The fraction of sp³-hybridized carbons (Fsp3) is 0.400. The lowest BCUT2D eigenvalue weighted by atomic mass is 10.2. The third kappa shape index (κ3) is 2.92. The second-order valence-corrected chi connectivity index (χ2v) is 2.98. The van der Waals surface area contributed by atoms with Crippen molar-refractivity contribution in [3.8, 4) is 23.0 Å². The summed E-state index contributed by atoms with van der Waals surface area (Å²) < 4.78 is 10.2. The minimum absolute atomic E-state index is 0.178. The molecular weight excluding hydrogens is 198 g/mol. The second-order valence-electron chi connectivity index (χ2n) is 2.98. The van der Waals surface area contributed by atoms with E-state index in [0.29, 0.717) is 18.9 Å². The number of benzene rings is 1. The Kier molecular flexibility index (Phi) is 4.05. The van der Waals surface area contributed by atoms with Crippen molar-refractivity contribution in [2.24, 2.45) is 5.73 Å². The average molecular weight is 213 g/mol. The molecule has 1 aromatic rings. The van der Waals surface area contributed by atoms with Gasteiger partial charge in [0, 0.05) is 12.1 Å². The summed E-state index contributed by atoms with van der Waals surface area (Å²) in [5.74, 6) is 0.0640. The molecule has 0 saturated carbocycles. The first-order chi connectivity index (χ1) is 7.19. The number of rotatable bonds is 5. The number of nitrogens with two attached hydrogens (primary N) is 1. The molecule has 0 saturated heterocycles. The minimum Gasteiger partial charge on any atom is -0.504 e. The quantitative estimate of drug-likeness (QED) is 0.498. The molecule has 0 bridgehead atoms. The zero-order valence-corrected chi connectivity index (χ0v) is 8.56. The van der Waals surface area contributed by atoms with Crippen LogP contribution in [0.3, 0.4) is 0 Å². The third-order valence-corrected chi connectivity index (χ3v) is 1.87. The van der Waals surface area contributed by atoms with Crippen molar-refractivity contribution in [3.05, 3.63) is 12.1 Å². The molecule has 1 rings (SSSR count). The van der Waals surface area contributed by atoms with E-state index < -0.39 is 0 Å². The van der Waals surface area contributed by atoms with Gasteiger partial charge in [-0.3, -0.25) is 0 Å². The maximum Gasteiger partial charge on any atom is 0.200 e. The number of ether oxygens (including phenoxy) is 2. The zero-order valence-electron chi connectivity index (χ0n) is 8.56. The highest BCUT2D eigenvalue weighted by atomic mass is 16.5. The van der Waals surface area contributed by atoms with Crippen LogP contribution in [0, 0.1) is 0 Å². The van der Waals surface area contributed by atoms with E-state index in [-0.39, 0.29) is 17.2 Å². The molecule has 0 aromatic heterocycles. The lowest BCUT2D eigenvalue weighted by Crippen LogP contribution is -2.06. The fourth-order valence-corrected chi connectivity index (χ4v) is 1.08. The van der Waals surface area contributed by atoms with Gasteiger partial charge in [-0.05, 0) is 13.0 Å². The van der Waals surface area contributed by atoms with E-state index in [4.69, 9.17) is 15.2 Å². The molecule has 0 fully saturated rings.